The molecule has 1 aliphatic rings. The molecule has 0 aromatic carbocycles. The van der Waals surface area contributed by atoms with E-state index in [9.17, 15) is 0 Å². The molecule has 0 aromatic rings. The molecule has 0 unspecified atom stereocenters. The quantitative estimate of drug-likeness (QED) is 0.497. The average molecular weight is 146 g/mol. The first-order valence-corrected chi connectivity index (χ1v) is 3.18. The van der Waals surface area contributed by atoms with Crippen molar-refractivity contribution in [2.75, 3.05) is 0 Å². The standard InChI is InChI=1S/C5H4BCl2/c7-6(8)5-3-1-2-4-5/h1-4H. The number of rotatable bonds is 1. The van der Waals surface area contributed by atoms with Gasteiger partial charge in [-0.25, -0.2) is 0 Å². The molecule has 0 nitrogen and oxygen atoms in total. The highest BCUT2D eigenvalue weighted by Gasteiger charge is 2.12. The Morgan fingerprint density at radius 3 is 2.25 bits per heavy atom. The van der Waals surface area contributed by atoms with Gasteiger partial charge in [-0.05, 0) is 0 Å². The monoisotopic (exact) mass is 145 g/mol. The summed E-state index contributed by atoms with van der Waals surface area (Å²) >= 11 is 11.0. The van der Waals surface area contributed by atoms with E-state index >= 15 is 0 Å². The van der Waals surface area contributed by atoms with Crippen molar-refractivity contribution in [3.63, 3.8) is 0 Å². The summed E-state index contributed by atoms with van der Waals surface area (Å²) in [4.78, 5) is 0. The minimum Gasteiger partial charge on any atom is -0.165 e. The zero-order valence-electron chi connectivity index (χ0n) is 4.14. The molecular formula is C5H4BCl2. The molecule has 0 saturated carbocycles. The van der Waals surface area contributed by atoms with Crippen LogP contribution in [-0.2, 0) is 0 Å². The molecule has 0 spiro atoms. The Morgan fingerprint density at radius 1 is 1.25 bits per heavy atom. The Bertz CT molecular complexity index is 137. The summed E-state index contributed by atoms with van der Waals surface area (Å²) in [5.74, 6) is 0. The van der Waals surface area contributed by atoms with Crippen LogP contribution in [0.25, 0.3) is 0 Å². The summed E-state index contributed by atoms with van der Waals surface area (Å²) in [6, 6.07) is 0. The van der Waals surface area contributed by atoms with E-state index < -0.39 is 0 Å². The van der Waals surface area contributed by atoms with Crippen LogP contribution in [0.15, 0.2) is 23.7 Å². The van der Waals surface area contributed by atoms with Gasteiger partial charge < -0.3 is 0 Å². The first-order valence-electron chi connectivity index (χ1n) is 2.30. The molecule has 3 heteroatoms. The van der Waals surface area contributed by atoms with E-state index in [0.717, 1.165) is 5.47 Å². The zero-order chi connectivity index (χ0) is 5.98. The second kappa shape index (κ2) is 2.61. The van der Waals surface area contributed by atoms with Crippen LogP contribution in [0.5, 0.6) is 0 Å². The van der Waals surface area contributed by atoms with Gasteiger partial charge in [0.2, 0.25) is 0 Å². The summed E-state index contributed by atoms with van der Waals surface area (Å²) < 4.78 is 0. The third-order valence-corrected chi connectivity index (χ3v) is 1.44. The van der Waals surface area contributed by atoms with Gasteiger partial charge in [-0.1, -0.05) is 23.7 Å². The molecule has 0 aliphatic heterocycles. The minimum absolute atomic E-state index is 0.370. The Balaban J connectivity index is 2.51. The van der Waals surface area contributed by atoms with Gasteiger partial charge in [-0.2, -0.15) is 22.9 Å². The fourth-order valence-corrected chi connectivity index (χ4v) is 0.825. The maximum absolute atomic E-state index is 5.51. The van der Waals surface area contributed by atoms with Gasteiger partial charge in [0.15, 0.2) is 0 Å². The number of allylic oxidation sites excluding steroid dienone is 4. The maximum Gasteiger partial charge on any atom is 0.379 e. The van der Waals surface area contributed by atoms with Crippen molar-refractivity contribution >= 4 is 28.5 Å². The van der Waals surface area contributed by atoms with Crippen LogP contribution in [0.2, 0.25) is 0 Å². The molecule has 0 saturated heterocycles. The minimum atomic E-state index is -0.370. The summed E-state index contributed by atoms with van der Waals surface area (Å²) in [7, 11) is 0. The highest BCUT2D eigenvalue weighted by molar-refractivity contribution is 7.37. The van der Waals surface area contributed by atoms with Gasteiger partial charge in [0.25, 0.3) is 0 Å². The lowest BCUT2D eigenvalue weighted by Gasteiger charge is -1.92. The van der Waals surface area contributed by atoms with Crippen molar-refractivity contribution in [3.8, 4) is 0 Å². The molecule has 1 aliphatic carbocycles. The molecule has 41 valence electrons. The van der Waals surface area contributed by atoms with Crippen molar-refractivity contribution in [1.29, 1.82) is 0 Å². The van der Waals surface area contributed by atoms with E-state index in [1.165, 1.54) is 0 Å². The fraction of sp³-hybridized carbons (Fsp3) is 0. The SMILES string of the molecule is ClB(Cl)C1=CC=C[CH]1. The second-order valence-electron chi connectivity index (χ2n) is 1.52. The predicted octanol–water partition coefficient (Wildman–Crippen LogP) is 2.19. The largest absolute Gasteiger partial charge is 0.379 e. The summed E-state index contributed by atoms with van der Waals surface area (Å²) in [6.45, 7) is 0. The normalized spacial score (nSPS) is 16.5. The van der Waals surface area contributed by atoms with E-state index in [1.54, 1.807) is 0 Å². The third-order valence-electron chi connectivity index (χ3n) is 0.940. The Labute approximate surface area is 59.1 Å². The Morgan fingerprint density at radius 2 is 2.00 bits per heavy atom. The Hall–Kier alpha value is 0.125. The lowest BCUT2D eigenvalue weighted by molar-refractivity contribution is 1.79. The van der Waals surface area contributed by atoms with E-state index in [0.29, 0.717) is 0 Å². The van der Waals surface area contributed by atoms with Crippen LogP contribution in [-0.4, -0.2) is 5.54 Å². The summed E-state index contributed by atoms with van der Waals surface area (Å²) in [5.41, 5.74) is 0.596. The van der Waals surface area contributed by atoms with Gasteiger partial charge in [0.1, 0.15) is 0 Å². The number of halogens is 2. The van der Waals surface area contributed by atoms with Crippen molar-refractivity contribution < 1.29 is 0 Å². The van der Waals surface area contributed by atoms with Gasteiger partial charge in [-0.15, -0.1) is 0 Å². The van der Waals surface area contributed by atoms with Crippen molar-refractivity contribution in [2.45, 2.75) is 0 Å². The smallest absolute Gasteiger partial charge is 0.165 e. The maximum atomic E-state index is 5.51. The predicted molar refractivity (Wildman–Crippen MR) is 39.0 cm³/mol. The van der Waals surface area contributed by atoms with Crippen LogP contribution < -0.4 is 0 Å². The average Bonchev–Trinajstić information content (AvgIpc) is 2.12. The van der Waals surface area contributed by atoms with Gasteiger partial charge >= 0.3 is 5.54 Å². The summed E-state index contributed by atoms with van der Waals surface area (Å²) in [5, 5.41) is 0. The van der Waals surface area contributed by atoms with E-state index in [-0.39, 0.29) is 5.54 Å². The van der Waals surface area contributed by atoms with Crippen molar-refractivity contribution in [2.24, 2.45) is 0 Å². The lowest BCUT2D eigenvalue weighted by Crippen LogP contribution is -1.95. The van der Waals surface area contributed by atoms with E-state index in [1.807, 2.05) is 24.6 Å². The molecule has 0 fully saturated rings. The highest BCUT2D eigenvalue weighted by atomic mass is 35.5. The molecule has 1 radical (unpaired) electrons. The summed E-state index contributed by atoms with van der Waals surface area (Å²) in [6.07, 6.45) is 7.61. The first kappa shape index (κ1) is 6.25. The topological polar surface area (TPSA) is 0 Å². The van der Waals surface area contributed by atoms with Crippen molar-refractivity contribution in [1.82, 2.24) is 0 Å². The molecule has 0 amide bonds. The molecule has 0 aromatic heterocycles. The number of hydrogen-bond acceptors (Lipinski definition) is 0. The van der Waals surface area contributed by atoms with Crippen molar-refractivity contribution in [3.05, 3.63) is 30.1 Å². The first-order chi connectivity index (χ1) is 3.80. The van der Waals surface area contributed by atoms with Gasteiger partial charge in [0, 0.05) is 6.42 Å². The van der Waals surface area contributed by atoms with Crippen LogP contribution >= 0.6 is 22.9 Å². The molecule has 0 atom stereocenters. The van der Waals surface area contributed by atoms with Gasteiger partial charge in [0.05, 0.1) is 0 Å². The molecular weight excluding hydrogens is 142 g/mol. The molecule has 0 heterocycles. The molecule has 0 N–H and O–H groups in total. The van der Waals surface area contributed by atoms with Crippen LogP contribution in [0.4, 0.5) is 0 Å². The highest BCUT2D eigenvalue weighted by Crippen LogP contribution is 2.17. The molecule has 8 heavy (non-hydrogen) atoms. The lowest BCUT2D eigenvalue weighted by atomic mass is 9.92. The number of hydrogen-bond donors (Lipinski definition) is 0. The van der Waals surface area contributed by atoms with Gasteiger partial charge in [-0.3, -0.25) is 0 Å². The third kappa shape index (κ3) is 1.30. The van der Waals surface area contributed by atoms with Crippen LogP contribution in [0, 0.1) is 6.42 Å². The fourth-order valence-electron chi connectivity index (χ4n) is 0.534. The second-order valence-corrected chi connectivity index (χ2v) is 2.62. The van der Waals surface area contributed by atoms with Crippen LogP contribution in [0.3, 0.4) is 0 Å². The molecule has 1 rings (SSSR count). The van der Waals surface area contributed by atoms with E-state index in [2.05, 4.69) is 0 Å². The van der Waals surface area contributed by atoms with E-state index in [4.69, 9.17) is 22.9 Å². The molecule has 0 bridgehead atoms. The van der Waals surface area contributed by atoms with Crippen LogP contribution in [0.1, 0.15) is 0 Å². The Kier molecular flexibility index (Phi) is 2.04. The zero-order valence-corrected chi connectivity index (χ0v) is 5.65.